The van der Waals surface area contributed by atoms with Gasteiger partial charge in [-0.2, -0.15) is 10.2 Å². The highest BCUT2D eigenvalue weighted by Crippen LogP contribution is 2.17. The molecule has 0 saturated heterocycles. The first-order valence-corrected chi connectivity index (χ1v) is 5.29. The molecule has 0 saturated carbocycles. The van der Waals surface area contributed by atoms with Crippen LogP contribution in [-0.4, -0.2) is 20.1 Å². The zero-order valence-electron chi connectivity index (χ0n) is 9.70. The summed E-state index contributed by atoms with van der Waals surface area (Å²) in [4.78, 5) is 14.3. The van der Waals surface area contributed by atoms with Gasteiger partial charge in [-0.3, -0.25) is 10.1 Å². The summed E-state index contributed by atoms with van der Waals surface area (Å²) in [6.07, 6.45) is 1.60. The number of aryl methyl sites for hydroxylation is 1. The number of nitrogens with one attached hydrogen (secondary N) is 1. The van der Waals surface area contributed by atoms with Crippen molar-refractivity contribution < 1.29 is 4.92 Å². The molecular formula is C11H11N5O2. The lowest BCUT2D eigenvalue weighted by Gasteiger charge is -2.05. The first-order chi connectivity index (χ1) is 8.66. The third-order valence-corrected chi connectivity index (χ3v) is 2.33. The second-order valence-corrected chi connectivity index (χ2v) is 3.63. The molecule has 2 aromatic heterocycles. The highest BCUT2D eigenvalue weighted by atomic mass is 16.6. The molecule has 0 fully saturated rings. The zero-order valence-corrected chi connectivity index (χ0v) is 9.70. The van der Waals surface area contributed by atoms with Crippen LogP contribution in [0.5, 0.6) is 0 Å². The predicted octanol–water partition coefficient (Wildman–Crippen LogP) is 1.70. The third kappa shape index (κ3) is 2.76. The van der Waals surface area contributed by atoms with Crippen LogP contribution in [0.25, 0.3) is 0 Å². The lowest BCUT2D eigenvalue weighted by Crippen LogP contribution is -2.05. The lowest BCUT2D eigenvalue weighted by atomic mass is 10.3. The number of pyridine rings is 1. The minimum atomic E-state index is -0.450. The van der Waals surface area contributed by atoms with Crippen molar-refractivity contribution in [3.05, 3.63) is 52.0 Å². The van der Waals surface area contributed by atoms with Crippen molar-refractivity contribution in [1.29, 1.82) is 0 Å². The Hall–Kier alpha value is -2.57. The topological polar surface area (TPSA) is 93.8 Å². The Balaban J connectivity index is 2.07. The summed E-state index contributed by atoms with van der Waals surface area (Å²) in [5, 5.41) is 21.3. The summed E-state index contributed by atoms with van der Waals surface area (Å²) in [5.74, 6) is 0.573. The maximum Gasteiger partial charge on any atom is 0.290 e. The Kier molecular flexibility index (Phi) is 3.42. The van der Waals surface area contributed by atoms with E-state index in [0.717, 1.165) is 5.69 Å². The second-order valence-electron chi connectivity index (χ2n) is 3.63. The number of hydrogen-bond donors (Lipinski definition) is 1. The van der Waals surface area contributed by atoms with Crippen LogP contribution in [0.4, 0.5) is 11.5 Å². The van der Waals surface area contributed by atoms with Crippen molar-refractivity contribution in [2.75, 3.05) is 5.32 Å². The Labute approximate surface area is 103 Å². The normalized spacial score (nSPS) is 10.1. The van der Waals surface area contributed by atoms with Gasteiger partial charge in [0.15, 0.2) is 0 Å². The first-order valence-electron chi connectivity index (χ1n) is 5.29. The molecule has 2 aromatic rings. The largest absolute Gasteiger partial charge is 0.364 e. The smallest absolute Gasteiger partial charge is 0.290 e. The molecule has 0 spiro atoms. The van der Waals surface area contributed by atoms with E-state index in [2.05, 4.69) is 20.5 Å². The van der Waals surface area contributed by atoms with Crippen LogP contribution in [0.2, 0.25) is 0 Å². The molecule has 7 heteroatoms. The number of aromatic nitrogens is 3. The summed E-state index contributed by atoms with van der Waals surface area (Å²) in [6.45, 7) is 2.07. The Bertz CT molecular complexity index is 559. The average Bonchev–Trinajstić information content (AvgIpc) is 2.37. The SMILES string of the molecule is Cc1nc(NCc2cccnn2)ccc1[N+](=O)[O-]. The summed E-state index contributed by atoms with van der Waals surface area (Å²) in [6, 6.07) is 6.62. The van der Waals surface area contributed by atoms with Gasteiger partial charge in [-0.05, 0) is 25.1 Å². The third-order valence-electron chi connectivity index (χ3n) is 2.33. The maximum atomic E-state index is 10.6. The molecule has 0 unspecified atom stereocenters. The molecule has 0 bridgehead atoms. The van der Waals surface area contributed by atoms with E-state index >= 15 is 0 Å². The molecule has 2 rings (SSSR count). The van der Waals surface area contributed by atoms with Gasteiger partial charge in [-0.15, -0.1) is 0 Å². The van der Waals surface area contributed by atoms with E-state index < -0.39 is 4.92 Å². The number of hydrogen-bond acceptors (Lipinski definition) is 6. The second kappa shape index (κ2) is 5.17. The highest BCUT2D eigenvalue weighted by molar-refractivity contribution is 5.44. The number of rotatable bonds is 4. The van der Waals surface area contributed by atoms with Gasteiger partial charge in [0.2, 0.25) is 0 Å². The fourth-order valence-electron chi connectivity index (χ4n) is 1.45. The molecular weight excluding hydrogens is 234 g/mol. The van der Waals surface area contributed by atoms with E-state index in [1.807, 2.05) is 6.07 Å². The van der Waals surface area contributed by atoms with Crippen LogP contribution in [0.1, 0.15) is 11.4 Å². The molecule has 0 aliphatic rings. The van der Waals surface area contributed by atoms with Crippen molar-refractivity contribution >= 4 is 11.5 Å². The van der Waals surface area contributed by atoms with E-state index in [4.69, 9.17) is 0 Å². The summed E-state index contributed by atoms with van der Waals surface area (Å²) in [7, 11) is 0. The summed E-state index contributed by atoms with van der Waals surface area (Å²) in [5.41, 5.74) is 1.17. The van der Waals surface area contributed by atoms with E-state index in [-0.39, 0.29) is 5.69 Å². The zero-order chi connectivity index (χ0) is 13.0. The van der Waals surface area contributed by atoms with Gasteiger partial charge in [0.05, 0.1) is 17.2 Å². The minimum absolute atomic E-state index is 0.0139. The van der Waals surface area contributed by atoms with Crippen LogP contribution in [-0.2, 0) is 6.54 Å². The molecule has 0 atom stereocenters. The molecule has 0 radical (unpaired) electrons. The van der Waals surface area contributed by atoms with Crippen LogP contribution in [0.15, 0.2) is 30.5 Å². The van der Waals surface area contributed by atoms with E-state index in [9.17, 15) is 10.1 Å². The Morgan fingerprint density at radius 1 is 1.39 bits per heavy atom. The minimum Gasteiger partial charge on any atom is -0.364 e. The van der Waals surface area contributed by atoms with Gasteiger partial charge >= 0.3 is 0 Å². The van der Waals surface area contributed by atoms with Gasteiger partial charge < -0.3 is 5.32 Å². The number of anilines is 1. The van der Waals surface area contributed by atoms with Gasteiger partial charge in [0.25, 0.3) is 5.69 Å². The molecule has 0 aromatic carbocycles. The molecule has 0 amide bonds. The predicted molar refractivity (Wildman–Crippen MR) is 65.0 cm³/mol. The molecule has 1 N–H and O–H groups in total. The highest BCUT2D eigenvalue weighted by Gasteiger charge is 2.11. The number of nitrogens with zero attached hydrogens (tertiary/aromatic N) is 4. The fourth-order valence-corrected chi connectivity index (χ4v) is 1.45. The van der Waals surface area contributed by atoms with Crippen LogP contribution in [0, 0.1) is 17.0 Å². The van der Waals surface area contributed by atoms with Crippen molar-refractivity contribution in [1.82, 2.24) is 15.2 Å². The standard InChI is InChI=1S/C11H11N5O2/c1-8-10(16(17)18)4-5-11(14-8)12-7-9-3-2-6-13-15-9/h2-6H,7H2,1H3,(H,12,14). The van der Waals surface area contributed by atoms with Crippen LogP contribution in [0.3, 0.4) is 0 Å². The fraction of sp³-hybridized carbons (Fsp3) is 0.182. The summed E-state index contributed by atoms with van der Waals surface area (Å²) >= 11 is 0. The van der Waals surface area contributed by atoms with Crippen molar-refractivity contribution in [2.24, 2.45) is 0 Å². The van der Waals surface area contributed by atoms with Crippen LogP contribution >= 0.6 is 0 Å². The van der Waals surface area contributed by atoms with Crippen molar-refractivity contribution in [3.8, 4) is 0 Å². The van der Waals surface area contributed by atoms with Crippen LogP contribution < -0.4 is 5.32 Å². The van der Waals surface area contributed by atoms with Gasteiger partial charge in [0.1, 0.15) is 11.5 Å². The summed E-state index contributed by atoms with van der Waals surface area (Å²) < 4.78 is 0. The molecule has 2 heterocycles. The quantitative estimate of drug-likeness (QED) is 0.650. The van der Waals surface area contributed by atoms with E-state index in [0.29, 0.717) is 18.1 Å². The van der Waals surface area contributed by atoms with Gasteiger partial charge in [-0.1, -0.05) is 0 Å². The van der Waals surface area contributed by atoms with E-state index in [1.54, 1.807) is 25.3 Å². The molecule has 18 heavy (non-hydrogen) atoms. The molecule has 0 aliphatic carbocycles. The first kappa shape index (κ1) is 11.9. The molecule has 7 nitrogen and oxygen atoms in total. The Morgan fingerprint density at radius 3 is 2.83 bits per heavy atom. The molecule has 0 aliphatic heterocycles. The van der Waals surface area contributed by atoms with Gasteiger partial charge in [0, 0.05) is 12.3 Å². The monoisotopic (exact) mass is 245 g/mol. The maximum absolute atomic E-state index is 10.6. The average molecular weight is 245 g/mol. The molecule has 92 valence electrons. The number of nitro groups is 1. The lowest BCUT2D eigenvalue weighted by molar-refractivity contribution is -0.385. The Morgan fingerprint density at radius 2 is 2.22 bits per heavy atom. The van der Waals surface area contributed by atoms with Crippen molar-refractivity contribution in [2.45, 2.75) is 13.5 Å². The van der Waals surface area contributed by atoms with Crippen molar-refractivity contribution in [3.63, 3.8) is 0 Å². The van der Waals surface area contributed by atoms with E-state index in [1.165, 1.54) is 6.07 Å². The van der Waals surface area contributed by atoms with Gasteiger partial charge in [-0.25, -0.2) is 4.98 Å².